The Hall–Kier alpha value is -0.390. The molecule has 4 fully saturated rings. The summed E-state index contributed by atoms with van der Waals surface area (Å²) in [6, 6.07) is 0. The van der Waals surface area contributed by atoms with Gasteiger partial charge in [0.15, 0.2) is 5.79 Å². The summed E-state index contributed by atoms with van der Waals surface area (Å²) in [5.74, 6) is 1.46. The molecule has 4 unspecified atom stereocenters. The van der Waals surface area contributed by atoms with Gasteiger partial charge in [-0.15, -0.1) is 0 Å². The van der Waals surface area contributed by atoms with Gasteiger partial charge < -0.3 is 14.2 Å². The maximum absolute atomic E-state index is 11.5. The minimum absolute atomic E-state index is 0.0528. The fourth-order valence-corrected chi connectivity index (χ4v) is 8.85. The van der Waals surface area contributed by atoms with Crippen LogP contribution in [0.4, 0.5) is 0 Å². The third kappa shape index (κ3) is 2.58. The Kier molecular flexibility index (Phi) is 4.58. The van der Waals surface area contributed by atoms with Crippen molar-refractivity contribution < 1.29 is 19.0 Å². The van der Waals surface area contributed by atoms with Crippen molar-refractivity contribution in [1.29, 1.82) is 0 Å². The maximum Gasteiger partial charge on any atom is 0.302 e. The Morgan fingerprint density at radius 2 is 1.82 bits per heavy atom. The summed E-state index contributed by atoms with van der Waals surface area (Å²) >= 11 is 4.08. The zero-order valence-corrected chi connectivity index (χ0v) is 18.9. The van der Waals surface area contributed by atoms with Crippen LogP contribution in [-0.2, 0) is 19.0 Å². The zero-order chi connectivity index (χ0) is 19.7. The van der Waals surface area contributed by atoms with E-state index in [4.69, 9.17) is 14.2 Å². The molecule has 0 bridgehead atoms. The first kappa shape index (κ1) is 19.6. The molecular formula is C23H33BrO4. The summed E-state index contributed by atoms with van der Waals surface area (Å²) in [7, 11) is 0. The lowest BCUT2D eigenvalue weighted by atomic mass is 9.47. The topological polar surface area (TPSA) is 44.8 Å². The summed E-state index contributed by atoms with van der Waals surface area (Å²) in [5, 5.41) is 0. The van der Waals surface area contributed by atoms with Gasteiger partial charge in [0.2, 0.25) is 0 Å². The summed E-state index contributed by atoms with van der Waals surface area (Å²) < 4.78 is 18.1. The molecule has 0 radical (unpaired) electrons. The number of rotatable bonds is 1. The molecule has 7 atom stereocenters. The predicted molar refractivity (Wildman–Crippen MR) is 110 cm³/mol. The highest BCUT2D eigenvalue weighted by atomic mass is 79.9. The van der Waals surface area contributed by atoms with Crippen LogP contribution in [0.25, 0.3) is 0 Å². The molecule has 5 rings (SSSR count). The summed E-state index contributed by atoms with van der Waals surface area (Å²) in [6.07, 6.45) is 10.2. The van der Waals surface area contributed by atoms with Gasteiger partial charge in [0, 0.05) is 30.0 Å². The quantitative estimate of drug-likeness (QED) is 0.319. The zero-order valence-electron chi connectivity index (χ0n) is 17.3. The van der Waals surface area contributed by atoms with Crippen molar-refractivity contribution in [2.75, 3.05) is 13.2 Å². The van der Waals surface area contributed by atoms with Crippen LogP contribution in [-0.4, -0.2) is 35.9 Å². The van der Waals surface area contributed by atoms with Crippen LogP contribution in [0.2, 0.25) is 0 Å². The molecule has 4 aliphatic carbocycles. The van der Waals surface area contributed by atoms with E-state index in [9.17, 15) is 4.79 Å². The van der Waals surface area contributed by atoms with E-state index in [0.717, 1.165) is 38.9 Å². The van der Waals surface area contributed by atoms with Crippen molar-refractivity contribution >= 4 is 21.9 Å². The first-order valence-electron chi connectivity index (χ1n) is 11.1. The molecule has 28 heavy (non-hydrogen) atoms. The van der Waals surface area contributed by atoms with Gasteiger partial charge in [-0.2, -0.15) is 0 Å². The van der Waals surface area contributed by atoms with Gasteiger partial charge in [-0.1, -0.05) is 41.4 Å². The van der Waals surface area contributed by atoms with E-state index < -0.39 is 0 Å². The van der Waals surface area contributed by atoms with E-state index >= 15 is 0 Å². The largest absolute Gasteiger partial charge is 0.462 e. The second kappa shape index (κ2) is 6.55. The number of hydrogen-bond donors (Lipinski definition) is 0. The number of alkyl halides is 1. The van der Waals surface area contributed by atoms with Gasteiger partial charge in [0.1, 0.15) is 6.10 Å². The molecule has 0 N–H and O–H groups in total. The number of hydrogen-bond acceptors (Lipinski definition) is 4. The molecule has 1 aliphatic heterocycles. The van der Waals surface area contributed by atoms with E-state index in [-0.39, 0.29) is 28.7 Å². The fourth-order valence-electron chi connectivity index (χ4n) is 7.79. The van der Waals surface area contributed by atoms with Crippen LogP contribution in [0.15, 0.2) is 11.6 Å². The lowest BCUT2D eigenvalue weighted by Gasteiger charge is -2.59. The van der Waals surface area contributed by atoms with Gasteiger partial charge >= 0.3 is 5.97 Å². The minimum Gasteiger partial charge on any atom is -0.462 e. The lowest BCUT2D eigenvalue weighted by Crippen LogP contribution is -2.57. The highest BCUT2D eigenvalue weighted by molar-refractivity contribution is 9.09. The smallest absolute Gasteiger partial charge is 0.302 e. The van der Waals surface area contributed by atoms with Crippen molar-refractivity contribution in [3.63, 3.8) is 0 Å². The van der Waals surface area contributed by atoms with Crippen molar-refractivity contribution in [1.82, 2.24) is 0 Å². The van der Waals surface area contributed by atoms with Gasteiger partial charge in [-0.3, -0.25) is 4.79 Å². The normalized spacial score (nSPS) is 49.1. The fraction of sp³-hybridized carbons (Fsp3) is 0.870. The van der Waals surface area contributed by atoms with E-state index in [1.807, 2.05) is 0 Å². The third-order valence-corrected chi connectivity index (χ3v) is 10.1. The second-order valence-electron chi connectivity index (χ2n) is 10.3. The van der Waals surface area contributed by atoms with E-state index in [2.05, 4.69) is 35.9 Å². The first-order valence-corrected chi connectivity index (χ1v) is 12.0. The molecule has 1 heterocycles. The van der Waals surface area contributed by atoms with Crippen LogP contribution in [0.3, 0.4) is 0 Å². The summed E-state index contributed by atoms with van der Waals surface area (Å²) in [6.45, 7) is 7.93. The van der Waals surface area contributed by atoms with Crippen molar-refractivity contribution in [3.8, 4) is 0 Å². The van der Waals surface area contributed by atoms with Crippen LogP contribution >= 0.6 is 15.9 Å². The Morgan fingerprint density at radius 1 is 1.11 bits per heavy atom. The Morgan fingerprint density at radius 3 is 2.54 bits per heavy atom. The molecule has 3 saturated carbocycles. The van der Waals surface area contributed by atoms with Gasteiger partial charge in [0.25, 0.3) is 0 Å². The predicted octanol–water partition coefficient (Wildman–Crippen LogP) is 5.00. The first-order chi connectivity index (χ1) is 13.3. The van der Waals surface area contributed by atoms with E-state index in [1.165, 1.54) is 31.8 Å². The Balaban J connectivity index is 1.46. The van der Waals surface area contributed by atoms with Gasteiger partial charge in [-0.05, 0) is 55.3 Å². The molecule has 5 heteroatoms. The average Bonchev–Trinajstić information content (AvgIpc) is 3.23. The number of ether oxygens (including phenoxy) is 3. The second-order valence-corrected chi connectivity index (χ2v) is 11.3. The number of carbonyl (C=O) groups excluding carboxylic acids is 1. The maximum atomic E-state index is 11.5. The van der Waals surface area contributed by atoms with Gasteiger partial charge in [-0.25, -0.2) is 0 Å². The van der Waals surface area contributed by atoms with Gasteiger partial charge in [0.05, 0.1) is 13.2 Å². The van der Waals surface area contributed by atoms with Crippen LogP contribution in [0.5, 0.6) is 0 Å². The number of fused-ring (bicyclic) bond motifs is 6. The van der Waals surface area contributed by atoms with Crippen molar-refractivity contribution in [2.24, 2.45) is 28.6 Å². The molecule has 1 spiro atoms. The van der Waals surface area contributed by atoms with Crippen LogP contribution < -0.4 is 0 Å². The molecule has 0 amide bonds. The highest BCUT2D eigenvalue weighted by Gasteiger charge is 2.67. The summed E-state index contributed by atoms with van der Waals surface area (Å²) in [4.78, 5) is 11.8. The van der Waals surface area contributed by atoms with Crippen LogP contribution in [0.1, 0.15) is 65.7 Å². The molecule has 0 aromatic heterocycles. The van der Waals surface area contributed by atoms with E-state index in [0.29, 0.717) is 22.6 Å². The standard InChI is InChI=1S/C23H33BrO4/c1-14(25)28-16-4-7-21(2)15(12-16)13-19(24)20-17(21)5-8-22(3)18(20)6-9-23(22)26-10-11-27-23/h13,16-20H,4-12H2,1-3H3/t16-,17?,18?,19?,20?,21-,22-/m0/s1. The molecule has 0 aromatic rings. The lowest BCUT2D eigenvalue weighted by molar-refractivity contribution is -0.241. The number of carbonyl (C=O) groups is 1. The molecule has 1 saturated heterocycles. The average molecular weight is 453 g/mol. The molecule has 4 nitrogen and oxygen atoms in total. The highest BCUT2D eigenvalue weighted by Crippen LogP contribution is 2.69. The monoisotopic (exact) mass is 452 g/mol. The molecule has 5 aliphatic rings. The van der Waals surface area contributed by atoms with E-state index in [1.54, 1.807) is 0 Å². The number of esters is 1. The molecule has 156 valence electrons. The van der Waals surface area contributed by atoms with Crippen LogP contribution in [0, 0.1) is 28.6 Å². The molecule has 0 aromatic carbocycles. The minimum atomic E-state index is -0.340. The Bertz CT molecular complexity index is 699. The summed E-state index contributed by atoms with van der Waals surface area (Å²) in [5.41, 5.74) is 1.87. The third-order valence-electron chi connectivity index (χ3n) is 9.18. The number of halogens is 1. The molecular weight excluding hydrogens is 420 g/mol. The Labute approximate surface area is 176 Å². The van der Waals surface area contributed by atoms with Crippen molar-refractivity contribution in [2.45, 2.75) is 82.4 Å². The van der Waals surface area contributed by atoms with Crippen molar-refractivity contribution in [3.05, 3.63) is 11.6 Å². The number of allylic oxidation sites excluding steroid dienone is 1. The SMILES string of the molecule is CC(=O)O[C@H]1CC[C@@]2(C)C(=CC(Br)C3C2CC[C@@]2(C)C3CCC23OCCO3)C1.